The van der Waals surface area contributed by atoms with Gasteiger partial charge in [0.2, 0.25) is 10.0 Å². The first-order chi connectivity index (χ1) is 10.0. The first-order valence-electron chi connectivity index (χ1n) is 6.53. The highest BCUT2D eigenvalue weighted by Crippen LogP contribution is 2.16. The van der Waals surface area contributed by atoms with Crippen molar-refractivity contribution in [3.8, 4) is 5.75 Å². The van der Waals surface area contributed by atoms with Crippen molar-refractivity contribution in [2.75, 3.05) is 6.61 Å². The Morgan fingerprint density at radius 1 is 1.10 bits per heavy atom. The van der Waals surface area contributed by atoms with Crippen molar-refractivity contribution >= 4 is 10.0 Å². The summed E-state index contributed by atoms with van der Waals surface area (Å²) in [6, 6.07) is 9.80. The normalized spacial score (nSPS) is 11.3. The molecule has 6 nitrogen and oxygen atoms in total. The molecular weight excluding hydrogens is 290 g/mol. The molecule has 1 aromatic carbocycles. The Hall–Kier alpha value is -1.99. The van der Waals surface area contributed by atoms with Crippen LogP contribution < -0.4 is 9.46 Å². The monoisotopic (exact) mass is 307 g/mol. The largest absolute Gasteiger partial charge is 0.494 e. The van der Waals surface area contributed by atoms with Crippen molar-refractivity contribution in [3.63, 3.8) is 0 Å². The maximum atomic E-state index is 12.1. The fraction of sp³-hybridized carbons (Fsp3) is 0.286. The molecule has 0 bridgehead atoms. The van der Waals surface area contributed by atoms with E-state index in [1.54, 1.807) is 24.3 Å². The maximum Gasteiger partial charge on any atom is 0.240 e. The van der Waals surface area contributed by atoms with E-state index in [1.165, 1.54) is 12.1 Å². The molecule has 2 aromatic rings. The number of nitrogens with zero attached hydrogens (tertiary/aromatic N) is 2. The SMILES string of the molecule is CCOc1ccc(S(=O)(=O)NCc2ccc(C)nn2)cc1. The molecule has 0 aliphatic heterocycles. The predicted octanol–water partition coefficient (Wildman–Crippen LogP) is 1.66. The molecular formula is C14H17N3O3S. The van der Waals surface area contributed by atoms with Crippen molar-refractivity contribution in [1.82, 2.24) is 14.9 Å². The van der Waals surface area contributed by atoms with Gasteiger partial charge in [-0.25, -0.2) is 13.1 Å². The van der Waals surface area contributed by atoms with Gasteiger partial charge in [-0.3, -0.25) is 0 Å². The molecule has 0 aliphatic rings. The van der Waals surface area contributed by atoms with Gasteiger partial charge >= 0.3 is 0 Å². The van der Waals surface area contributed by atoms with Crippen molar-refractivity contribution < 1.29 is 13.2 Å². The number of hydrogen-bond donors (Lipinski definition) is 1. The van der Waals surface area contributed by atoms with E-state index in [0.717, 1.165) is 5.69 Å². The molecule has 0 amide bonds. The van der Waals surface area contributed by atoms with Crippen LogP contribution in [0.25, 0.3) is 0 Å². The van der Waals surface area contributed by atoms with E-state index in [0.29, 0.717) is 18.1 Å². The highest BCUT2D eigenvalue weighted by Gasteiger charge is 2.14. The molecule has 0 fully saturated rings. The Kier molecular flexibility index (Phi) is 4.87. The number of aryl methyl sites for hydroxylation is 1. The van der Waals surface area contributed by atoms with Crippen molar-refractivity contribution in [3.05, 3.63) is 47.8 Å². The summed E-state index contributed by atoms with van der Waals surface area (Å²) in [4.78, 5) is 0.186. The lowest BCUT2D eigenvalue weighted by Gasteiger charge is -2.07. The molecule has 21 heavy (non-hydrogen) atoms. The van der Waals surface area contributed by atoms with Crippen LogP contribution in [0.4, 0.5) is 0 Å². The average molecular weight is 307 g/mol. The zero-order valence-corrected chi connectivity index (χ0v) is 12.7. The van der Waals surface area contributed by atoms with E-state index in [1.807, 2.05) is 13.8 Å². The minimum Gasteiger partial charge on any atom is -0.494 e. The van der Waals surface area contributed by atoms with Crippen molar-refractivity contribution in [2.24, 2.45) is 0 Å². The summed E-state index contributed by atoms with van der Waals surface area (Å²) in [7, 11) is -3.57. The van der Waals surface area contributed by atoms with Crippen LogP contribution >= 0.6 is 0 Å². The zero-order valence-electron chi connectivity index (χ0n) is 11.9. The quantitative estimate of drug-likeness (QED) is 0.878. The van der Waals surface area contributed by atoms with Gasteiger partial charge in [-0.15, -0.1) is 0 Å². The minimum atomic E-state index is -3.57. The summed E-state index contributed by atoms with van der Waals surface area (Å²) in [6.45, 7) is 4.33. The van der Waals surface area contributed by atoms with Crippen LogP contribution in [-0.2, 0) is 16.6 Å². The molecule has 0 radical (unpaired) electrons. The summed E-state index contributed by atoms with van der Waals surface area (Å²) in [5.74, 6) is 0.640. The lowest BCUT2D eigenvalue weighted by atomic mass is 10.3. The molecule has 0 saturated carbocycles. The average Bonchev–Trinajstić information content (AvgIpc) is 2.48. The number of ether oxygens (including phenoxy) is 1. The van der Waals surface area contributed by atoms with E-state index >= 15 is 0 Å². The molecule has 1 N–H and O–H groups in total. The van der Waals surface area contributed by atoms with Gasteiger partial charge in [0.1, 0.15) is 5.75 Å². The van der Waals surface area contributed by atoms with Crippen LogP contribution in [-0.4, -0.2) is 25.2 Å². The topological polar surface area (TPSA) is 81.2 Å². The Morgan fingerprint density at radius 2 is 1.81 bits per heavy atom. The van der Waals surface area contributed by atoms with E-state index in [-0.39, 0.29) is 11.4 Å². The van der Waals surface area contributed by atoms with E-state index < -0.39 is 10.0 Å². The lowest BCUT2D eigenvalue weighted by molar-refractivity contribution is 0.340. The van der Waals surface area contributed by atoms with Crippen LogP contribution in [0, 0.1) is 6.92 Å². The summed E-state index contributed by atoms with van der Waals surface area (Å²) in [5, 5.41) is 7.80. The van der Waals surface area contributed by atoms with Gasteiger partial charge in [0.05, 0.1) is 29.4 Å². The second-order valence-electron chi connectivity index (χ2n) is 4.40. The fourth-order valence-electron chi connectivity index (χ4n) is 1.65. The molecule has 7 heteroatoms. The molecule has 2 rings (SSSR count). The third-order valence-electron chi connectivity index (χ3n) is 2.74. The summed E-state index contributed by atoms with van der Waals surface area (Å²) >= 11 is 0. The Balaban J connectivity index is 2.05. The number of hydrogen-bond acceptors (Lipinski definition) is 5. The van der Waals surface area contributed by atoms with Crippen LogP contribution in [0.15, 0.2) is 41.3 Å². The predicted molar refractivity (Wildman–Crippen MR) is 78.4 cm³/mol. The summed E-state index contributed by atoms with van der Waals surface area (Å²) in [5.41, 5.74) is 1.35. The number of nitrogens with one attached hydrogen (secondary N) is 1. The third-order valence-corrected chi connectivity index (χ3v) is 4.16. The second kappa shape index (κ2) is 6.64. The molecule has 112 valence electrons. The van der Waals surface area contributed by atoms with Gasteiger partial charge in [0, 0.05) is 0 Å². The molecule has 0 spiro atoms. The molecule has 0 unspecified atom stereocenters. The highest BCUT2D eigenvalue weighted by atomic mass is 32.2. The van der Waals surface area contributed by atoms with Crippen molar-refractivity contribution in [1.29, 1.82) is 0 Å². The number of rotatable bonds is 6. The Labute approximate surface area is 124 Å². The number of sulfonamides is 1. The smallest absolute Gasteiger partial charge is 0.240 e. The highest BCUT2D eigenvalue weighted by molar-refractivity contribution is 7.89. The minimum absolute atomic E-state index is 0.100. The molecule has 0 saturated heterocycles. The first-order valence-corrected chi connectivity index (χ1v) is 8.01. The number of aromatic nitrogens is 2. The number of benzene rings is 1. The zero-order chi connectivity index (χ0) is 15.3. The Morgan fingerprint density at radius 3 is 2.38 bits per heavy atom. The molecule has 0 atom stereocenters. The maximum absolute atomic E-state index is 12.1. The fourth-order valence-corrected chi connectivity index (χ4v) is 2.65. The third kappa shape index (κ3) is 4.24. The van der Waals surface area contributed by atoms with Gasteiger partial charge < -0.3 is 4.74 Å². The molecule has 1 heterocycles. The van der Waals surface area contributed by atoms with Crippen LogP contribution in [0.5, 0.6) is 5.75 Å². The van der Waals surface area contributed by atoms with Gasteiger partial charge in [-0.05, 0) is 50.2 Å². The lowest BCUT2D eigenvalue weighted by Crippen LogP contribution is -2.23. The van der Waals surface area contributed by atoms with Crippen LogP contribution in [0.2, 0.25) is 0 Å². The van der Waals surface area contributed by atoms with Gasteiger partial charge in [0.25, 0.3) is 0 Å². The first kappa shape index (κ1) is 15.4. The standard InChI is InChI=1S/C14H17N3O3S/c1-3-20-13-6-8-14(9-7-13)21(18,19)15-10-12-5-4-11(2)16-17-12/h4-9,15H,3,10H2,1-2H3. The van der Waals surface area contributed by atoms with Gasteiger partial charge in [-0.1, -0.05) is 0 Å². The van der Waals surface area contributed by atoms with Gasteiger partial charge in [0.15, 0.2) is 0 Å². The van der Waals surface area contributed by atoms with Gasteiger partial charge in [-0.2, -0.15) is 10.2 Å². The van der Waals surface area contributed by atoms with E-state index in [2.05, 4.69) is 14.9 Å². The van der Waals surface area contributed by atoms with E-state index in [4.69, 9.17) is 4.74 Å². The van der Waals surface area contributed by atoms with Crippen molar-refractivity contribution in [2.45, 2.75) is 25.3 Å². The summed E-state index contributed by atoms with van der Waals surface area (Å²) < 4.78 is 32.1. The molecule has 0 aliphatic carbocycles. The Bertz CT molecular complexity index is 682. The van der Waals surface area contributed by atoms with Crippen LogP contribution in [0.1, 0.15) is 18.3 Å². The second-order valence-corrected chi connectivity index (χ2v) is 6.16. The van der Waals surface area contributed by atoms with E-state index in [9.17, 15) is 8.42 Å². The van der Waals surface area contributed by atoms with Crippen LogP contribution in [0.3, 0.4) is 0 Å². The molecule has 1 aromatic heterocycles. The summed E-state index contributed by atoms with van der Waals surface area (Å²) in [6.07, 6.45) is 0.